The Hall–Kier alpha value is -2.40. The maximum Gasteiger partial charge on any atom is 0.236 e. The summed E-state index contributed by atoms with van der Waals surface area (Å²) >= 11 is 0. The van der Waals surface area contributed by atoms with Gasteiger partial charge in [0, 0.05) is 31.7 Å². The molecule has 148 valence electrons. The molecule has 2 aliphatic rings. The average Bonchev–Trinajstić information content (AvgIpc) is 3.30. The van der Waals surface area contributed by atoms with Crippen molar-refractivity contribution in [3.05, 3.63) is 48.0 Å². The van der Waals surface area contributed by atoms with Crippen molar-refractivity contribution in [3.8, 4) is 0 Å². The van der Waals surface area contributed by atoms with Crippen molar-refractivity contribution < 1.29 is 9.59 Å². The minimum Gasteiger partial charge on any atom is -0.352 e. The van der Waals surface area contributed by atoms with Crippen LogP contribution >= 0.6 is 0 Å². The van der Waals surface area contributed by atoms with Crippen LogP contribution in [0.15, 0.2) is 42.5 Å². The zero-order chi connectivity index (χ0) is 19.5. The topological polar surface area (TPSA) is 52.7 Å². The van der Waals surface area contributed by atoms with E-state index >= 15 is 0 Å². The molecule has 2 amide bonds. The summed E-state index contributed by atoms with van der Waals surface area (Å²) in [6.45, 7) is 5.12. The third-order valence-corrected chi connectivity index (χ3v) is 6.10. The highest BCUT2D eigenvalue weighted by Gasteiger charge is 2.30. The lowest BCUT2D eigenvalue weighted by atomic mass is 10.0. The number of carbonyl (C=O) groups excluding carboxylic acids is 2. The Kier molecular flexibility index (Phi) is 5.62. The van der Waals surface area contributed by atoms with E-state index in [2.05, 4.69) is 35.3 Å². The van der Waals surface area contributed by atoms with Gasteiger partial charge in [0.15, 0.2) is 0 Å². The Balaban J connectivity index is 1.29. The summed E-state index contributed by atoms with van der Waals surface area (Å²) in [7, 11) is 0. The SMILES string of the molecule is C[C@@H]1CCCN1C(=O)CN1CC[C@H](NC(=O)Cc2cccc3ccccc23)C1. The van der Waals surface area contributed by atoms with Gasteiger partial charge in [-0.1, -0.05) is 42.5 Å². The van der Waals surface area contributed by atoms with E-state index in [1.165, 1.54) is 0 Å². The first-order valence-electron chi connectivity index (χ1n) is 10.4. The van der Waals surface area contributed by atoms with Gasteiger partial charge in [0.25, 0.3) is 0 Å². The summed E-state index contributed by atoms with van der Waals surface area (Å²) in [5.41, 5.74) is 1.06. The van der Waals surface area contributed by atoms with E-state index in [0.29, 0.717) is 19.0 Å². The van der Waals surface area contributed by atoms with Crippen molar-refractivity contribution >= 4 is 22.6 Å². The van der Waals surface area contributed by atoms with E-state index in [-0.39, 0.29) is 17.9 Å². The van der Waals surface area contributed by atoms with Gasteiger partial charge in [-0.3, -0.25) is 14.5 Å². The van der Waals surface area contributed by atoms with Gasteiger partial charge in [-0.15, -0.1) is 0 Å². The number of fused-ring (bicyclic) bond motifs is 1. The normalized spacial score (nSPS) is 22.7. The maximum absolute atomic E-state index is 12.6. The molecule has 0 spiro atoms. The van der Waals surface area contributed by atoms with E-state index in [9.17, 15) is 9.59 Å². The minimum atomic E-state index is 0.0581. The lowest BCUT2D eigenvalue weighted by Gasteiger charge is -2.24. The van der Waals surface area contributed by atoms with Crippen LogP contribution in [0.2, 0.25) is 0 Å². The highest BCUT2D eigenvalue weighted by molar-refractivity contribution is 5.90. The van der Waals surface area contributed by atoms with Gasteiger partial charge >= 0.3 is 0 Å². The third kappa shape index (κ3) is 4.20. The Morgan fingerprint density at radius 2 is 1.89 bits per heavy atom. The first-order chi connectivity index (χ1) is 13.6. The van der Waals surface area contributed by atoms with Crippen LogP contribution in [0.3, 0.4) is 0 Å². The standard InChI is InChI=1S/C23H29N3O2/c1-17-6-5-12-26(17)23(28)16-25-13-11-20(15-25)24-22(27)14-19-9-4-8-18-7-2-3-10-21(18)19/h2-4,7-10,17,20H,5-6,11-16H2,1H3,(H,24,27)/t17-,20+/m1/s1. The molecule has 4 rings (SSSR count). The molecule has 0 radical (unpaired) electrons. The van der Waals surface area contributed by atoms with Gasteiger partial charge in [0.05, 0.1) is 13.0 Å². The van der Waals surface area contributed by atoms with Crippen molar-refractivity contribution in [2.45, 2.75) is 44.7 Å². The number of nitrogens with zero attached hydrogens (tertiary/aromatic N) is 2. The lowest BCUT2D eigenvalue weighted by Crippen LogP contribution is -2.43. The number of likely N-dealkylation sites (tertiary alicyclic amines) is 2. The average molecular weight is 380 g/mol. The predicted octanol–water partition coefficient (Wildman–Crippen LogP) is 2.58. The number of nitrogens with one attached hydrogen (secondary N) is 1. The van der Waals surface area contributed by atoms with Crippen molar-refractivity contribution in [3.63, 3.8) is 0 Å². The number of hydrogen-bond acceptors (Lipinski definition) is 3. The molecule has 2 aliphatic heterocycles. The Morgan fingerprint density at radius 3 is 2.71 bits per heavy atom. The molecule has 5 heteroatoms. The molecule has 2 fully saturated rings. The van der Waals surface area contributed by atoms with Gasteiger partial charge < -0.3 is 10.2 Å². The third-order valence-electron chi connectivity index (χ3n) is 6.10. The first kappa shape index (κ1) is 18.9. The largest absolute Gasteiger partial charge is 0.352 e. The van der Waals surface area contributed by atoms with E-state index in [4.69, 9.17) is 0 Å². The number of hydrogen-bond donors (Lipinski definition) is 1. The van der Waals surface area contributed by atoms with Crippen molar-refractivity contribution in [1.82, 2.24) is 15.1 Å². The zero-order valence-electron chi connectivity index (χ0n) is 16.6. The van der Waals surface area contributed by atoms with Crippen LogP contribution in [0.25, 0.3) is 10.8 Å². The van der Waals surface area contributed by atoms with E-state index < -0.39 is 0 Å². The number of benzene rings is 2. The second kappa shape index (κ2) is 8.31. The molecule has 2 aromatic carbocycles. The molecule has 2 aromatic rings. The van der Waals surface area contributed by atoms with Gasteiger partial charge in [0.1, 0.15) is 0 Å². The molecule has 0 bridgehead atoms. The van der Waals surface area contributed by atoms with Gasteiger partial charge in [-0.25, -0.2) is 0 Å². The molecule has 0 aliphatic carbocycles. The highest BCUT2D eigenvalue weighted by Crippen LogP contribution is 2.20. The summed E-state index contributed by atoms with van der Waals surface area (Å²) in [4.78, 5) is 29.3. The number of amides is 2. The van der Waals surface area contributed by atoms with Gasteiger partial charge in [-0.05, 0) is 42.5 Å². The van der Waals surface area contributed by atoms with Crippen molar-refractivity contribution in [2.24, 2.45) is 0 Å². The number of rotatable bonds is 5. The minimum absolute atomic E-state index is 0.0581. The summed E-state index contributed by atoms with van der Waals surface area (Å²) in [5, 5.41) is 5.47. The first-order valence-corrected chi connectivity index (χ1v) is 10.4. The molecule has 5 nitrogen and oxygen atoms in total. The molecule has 2 atom stereocenters. The highest BCUT2D eigenvalue weighted by atomic mass is 16.2. The summed E-state index contributed by atoms with van der Waals surface area (Å²) < 4.78 is 0. The van der Waals surface area contributed by atoms with Crippen LogP contribution < -0.4 is 5.32 Å². The predicted molar refractivity (Wildman–Crippen MR) is 111 cm³/mol. The Labute approximate surface area is 166 Å². The van der Waals surface area contributed by atoms with Crippen LogP contribution in [0.1, 0.15) is 31.7 Å². The lowest BCUT2D eigenvalue weighted by molar-refractivity contribution is -0.132. The molecular weight excluding hydrogens is 350 g/mol. The van der Waals surface area contributed by atoms with E-state index in [1.54, 1.807) is 0 Å². The Morgan fingerprint density at radius 1 is 1.07 bits per heavy atom. The molecule has 2 heterocycles. The van der Waals surface area contributed by atoms with Crippen LogP contribution in [-0.2, 0) is 16.0 Å². The second-order valence-electron chi connectivity index (χ2n) is 8.18. The molecular formula is C23H29N3O2. The Bertz CT molecular complexity index is 861. The van der Waals surface area contributed by atoms with Crippen molar-refractivity contribution in [2.75, 3.05) is 26.2 Å². The van der Waals surface area contributed by atoms with Gasteiger partial charge in [-0.2, -0.15) is 0 Å². The zero-order valence-corrected chi connectivity index (χ0v) is 16.6. The van der Waals surface area contributed by atoms with Crippen LogP contribution in [-0.4, -0.2) is 59.9 Å². The molecule has 1 N–H and O–H groups in total. The van der Waals surface area contributed by atoms with E-state index in [1.807, 2.05) is 29.2 Å². The molecule has 0 saturated carbocycles. The van der Waals surface area contributed by atoms with E-state index in [0.717, 1.165) is 55.2 Å². The van der Waals surface area contributed by atoms with Gasteiger partial charge in [0.2, 0.25) is 11.8 Å². The summed E-state index contributed by atoms with van der Waals surface area (Å²) in [5.74, 6) is 0.287. The maximum atomic E-state index is 12.6. The fourth-order valence-corrected chi connectivity index (χ4v) is 4.58. The smallest absolute Gasteiger partial charge is 0.236 e. The van der Waals surface area contributed by atoms with Crippen molar-refractivity contribution in [1.29, 1.82) is 0 Å². The molecule has 0 unspecified atom stereocenters. The van der Waals surface area contributed by atoms with Crippen LogP contribution in [0.5, 0.6) is 0 Å². The molecule has 28 heavy (non-hydrogen) atoms. The monoisotopic (exact) mass is 379 g/mol. The fourth-order valence-electron chi connectivity index (χ4n) is 4.58. The summed E-state index contributed by atoms with van der Waals surface area (Å²) in [6.07, 6.45) is 3.52. The molecule has 2 saturated heterocycles. The quantitative estimate of drug-likeness (QED) is 0.869. The molecule has 0 aromatic heterocycles. The number of carbonyl (C=O) groups is 2. The summed E-state index contributed by atoms with van der Waals surface area (Å²) in [6, 6.07) is 14.8. The second-order valence-corrected chi connectivity index (χ2v) is 8.18. The van der Waals surface area contributed by atoms with Crippen LogP contribution in [0, 0.1) is 0 Å². The van der Waals surface area contributed by atoms with Crippen LogP contribution in [0.4, 0.5) is 0 Å². The fraction of sp³-hybridized carbons (Fsp3) is 0.478.